The van der Waals surface area contributed by atoms with E-state index in [1.165, 1.54) is 0 Å². The van der Waals surface area contributed by atoms with Crippen LogP contribution < -0.4 is 5.32 Å². The number of aromatic nitrogens is 7. The van der Waals surface area contributed by atoms with Gasteiger partial charge < -0.3 is 9.84 Å². The van der Waals surface area contributed by atoms with E-state index in [2.05, 4.69) is 36.0 Å². The topological polar surface area (TPSA) is 125 Å². The van der Waals surface area contributed by atoms with Crippen LogP contribution in [0.3, 0.4) is 0 Å². The molecule has 1 unspecified atom stereocenters. The number of nitrogens with zero attached hydrogens (tertiary/aromatic N) is 7. The molecule has 0 fully saturated rings. The molecule has 1 amide bonds. The van der Waals surface area contributed by atoms with Gasteiger partial charge in [-0.1, -0.05) is 41.9 Å². The van der Waals surface area contributed by atoms with Crippen LogP contribution in [0.25, 0.3) is 28.2 Å². The summed E-state index contributed by atoms with van der Waals surface area (Å²) in [7, 11) is 0. The lowest BCUT2D eigenvalue weighted by Crippen LogP contribution is -2.27. The first-order valence-corrected chi connectivity index (χ1v) is 11.6. The van der Waals surface area contributed by atoms with Gasteiger partial charge in [-0.05, 0) is 65.7 Å². The van der Waals surface area contributed by atoms with Crippen molar-refractivity contribution in [3.63, 3.8) is 0 Å². The number of carbonyl (C=O) groups is 1. The second-order valence-corrected chi connectivity index (χ2v) is 8.39. The molecule has 10 heteroatoms. The van der Waals surface area contributed by atoms with Gasteiger partial charge in [0.15, 0.2) is 5.82 Å². The fourth-order valence-corrected chi connectivity index (χ4v) is 3.77. The Morgan fingerprint density at radius 2 is 1.92 bits per heavy atom. The van der Waals surface area contributed by atoms with Crippen LogP contribution in [-0.2, 0) is 6.42 Å². The largest absolute Gasteiger partial charge is 0.341 e. The molecule has 0 bridgehead atoms. The minimum atomic E-state index is -0.513. The maximum absolute atomic E-state index is 13.3. The molecule has 5 rings (SSSR count). The number of tetrazole rings is 1. The van der Waals surface area contributed by atoms with Crippen molar-refractivity contribution in [3.8, 4) is 28.2 Å². The second-order valence-electron chi connectivity index (χ2n) is 8.39. The highest BCUT2D eigenvalue weighted by atomic mass is 16.5. The fourth-order valence-electron chi connectivity index (χ4n) is 3.77. The van der Waals surface area contributed by atoms with E-state index in [4.69, 9.17) is 4.52 Å². The van der Waals surface area contributed by atoms with Gasteiger partial charge in [-0.3, -0.25) is 9.78 Å². The summed E-state index contributed by atoms with van der Waals surface area (Å²) in [5.74, 6) is 1.12. The summed E-state index contributed by atoms with van der Waals surface area (Å²) in [6.07, 6.45) is 3.97. The minimum Gasteiger partial charge on any atom is -0.341 e. The van der Waals surface area contributed by atoms with Crippen molar-refractivity contribution in [2.45, 2.75) is 33.2 Å². The normalized spacial score (nSPS) is 11.9. The van der Waals surface area contributed by atoms with Crippen LogP contribution in [0.2, 0.25) is 0 Å². The molecule has 1 atom stereocenters. The van der Waals surface area contributed by atoms with Crippen molar-refractivity contribution >= 4 is 5.91 Å². The Hall–Kier alpha value is -4.73. The molecule has 2 aromatic carbocycles. The predicted molar refractivity (Wildman–Crippen MR) is 132 cm³/mol. The van der Waals surface area contributed by atoms with Gasteiger partial charge in [-0.25, -0.2) is 0 Å². The van der Waals surface area contributed by atoms with E-state index in [9.17, 15) is 4.79 Å². The molecule has 5 aromatic rings. The zero-order chi connectivity index (χ0) is 25.1. The number of hydrogen-bond acceptors (Lipinski definition) is 8. The van der Waals surface area contributed by atoms with E-state index >= 15 is 0 Å². The Bertz CT molecular complexity index is 1490. The fraction of sp³-hybridized carbons (Fsp3) is 0.192. The summed E-state index contributed by atoms with van der Waals surface area (Å²) in [5.41, 5.74) is 4.90. The van der Waals surface area contributed by atoms with Gasteiger partial charge in [0.2, 0.25) is 11.7 Å². The summed E-state index contributed by atoms with van der Waals surface area (Å²) in [6.45, 7) is 5.80. The number of nitrogens with one attached hydrogen (secondary N) is 1. The average Bonchev–Trinajstić information content (AvgIpc) is 3.59. The SMILES string of the molecule is CCc1nnnn1-c1cc(C(=O)NC(C)c2nc(-c3cccnc3)no2)cc(-c2ccc(C)cc2)c1. The molecular weight excluding hydrogens is 456 g/mol. The Morgan fingerprint density at radius 3 is 2.67 bits per heavy atom. The number of hydrogen-bond donors (Lipinski definition) is 1. The predicted octanol–water partition coefficient (Wildman–Crippen LogP) is 4.14. The van der Waals surface area contributed by atoms with Gasteiger partial charge in [0.05, 0.1) is 5.69 Å². The van der Waals surface area contributed by atoms with Crippen molar-refractivity contribution in [3.05, 3.63) is 89.8 Å². The third-order valence-corrected chi connectivity index (χ3v) is 5.74. The smallest absolute Gasteiger partial charge is 0.252 e. The van der Waals surface area contributed by atoms with Crippen LogP contribution in [0.5, 0.6) is 0 Å². The van der Waals surface area contributed by atoms with Crippen LogP contribution in [0.15, 0.2) is 71.5 Å². The molecule has 0 saturated heterocycles. The minimum absolute atomic E-state index is 0.287. The average molecular weight is 481 g/mol. The summed E-state index contributed by atoms with van der Waals surface area (Å²) in [4.78, 5) is 21.8. The highest BCUT2D eigenvalue weighted by Gasteiger charge is 2.20. The molecule has 3 heterocycles. The molecule has 10 nitrogen and oxygen atoms in total. The second kappa shape index (κ2) is 9.87. The van der Waals surface area contributed by atoms with Gasteiger partial charge in [0.25, 0.3) is 5.91 Å². The first-order chi connectivity index (χ1) is 17.5. The molecule has 1 N–H and O–H groups in total. The van der Waals surface area contributed by atoms with E-state index in [1.807, 2.05) is 56.3 Å². The molecule has 0 aliphatic heterocycles. The zero-order valence-electron chi connectivity index (χ0n) is 20.1. The Kier molecular flexibility index (Phi) is 6.31. The van der Waals surface area contributed by atoms with Crippen molar-refractivity contribution in [1.82, 2.24) is 40.6 Å². The van der Waals surface area contributed by atoms with Crippen molar-refractivity contribution < 1.29 is 9.32 Å². The molecule has 0 aliphatic rings. The van der Waals surface area contributed by atoms with E-state index in [-0.39, 0.29) is 5.91 Å². The Labute approximate surface area is 207 Å². The lowest BCUT2D eigenvalue weighted by atomic mass is 10.0. The lowest BCUT2D eigenvalue weighted by molar-refractivity contribution is 0.0932. The number of benzene rings is 2. The molecule has 180 valence electrons. The Balaban J connectivity index is 1.46. The van der Waals surface area contributed by atoms with Crippen molar-refractivity contribution in [2.24, 2.45) is 0 Å². The number of aryl methyl sites for hydroxylation is 2. The highest BCUT2D eigenvalue weighted by molar-refractivity contribution is 5.96. The number of amides is 1. The van der Waals surface area contributed by atoms with Gasteiger partial charge in [-0.2, -0.15) is 9.67 Å². The molecule has 36 heavy (non-hydrogen) atoms. The summed E-state index contributed by atoms with van der Waals surface area (Å²) < 4.78 is 7.05. The Morgan fingerprint density at radius 1 is 1.08 bits per heavy atom. The van der Waals surface area contributed by atoms with Crippen LogP contribution in [0.4, 0.5) is 0 Å². The monoisotopic (exact) mass is 480 g/mol. The molecule has 0 spiro atoms. The first kappa shape index (κ1) is 23.0. The van der Waals surface area contributed by atoms with Crippen molar-refractivity contribution in [1.29, 1.82) is 0 Å². The molecular formula is C26H24N8O2. The van der Waals surface area contributed by atoms with Crippen molar-refractivity contribution in [2.75, 3.05) is 0 Å². The van der Waals surface area contributed by atoms with Crippen LogP contribution >= 0.6 is 0 Å². The number of carbonyl (C=O) groups excluding carboxylic acids is 1. The molecule has 3 aromatic heterocycles. The quantitative estimate of drug-likeness (QED) is 0.369. The maximum atomic E-state index is 13.3. The van der Waals surface area contributed by atoms with E-state index < -0.39 is 6.04 Å². The lowest BCUT2D eigenvalue weighted by Gasteiger charge is -2.13. The number of pyridine rings is 1. The number of rotatable bonds is 7. The maximum Gasteiger partial charge on any atom is 0.252 e. The van der Waals surface area contributed by atoms with E-state index in [0.29, 0.717) is 35.2 Å². The zero-order valence-corrected chi connectivity index (χ0v) is 20.1. The standard InChI is InChI=1S/C26H24N8O2/c1-4-23-30-32-33-34(23)22-13-20(18-9-7-16(2)8-10-18)12-21(14-22)25(35)28-17(3)26-29-24(31-36-26)19-6-5-11-27-15-19/h5-15,17H,4H2,1-3H3,(H,28,35). The van der Waals surface area contributed by atoms with E-state index in [0.717, 1.165) is 22.3 Å². The van der Waals surface area contributed by atoms with E-state index in [1.54, 1.807) is 36.1 Å². The van der Waals surface area contributed by atoms with Crippen LogP contribution in [0, 0.1) is 6.92 Å². The summed E-state index contributed by atoms with van der Waals surface area (Å²) >= 11 is 0. The highest BCUT2D eigenvalue weighted by Crippen LogP contribution is 2.26. The van der Waals surface area contributed by atoms with Gasteiger partial charge >= 0.3 is 0 Å². The molecule has 0 saturated carbocycles. The first-order valence-electron chi connectivity index (χ1n) is 11.6. The van der Waals surface area contributed by atoms with Gasteiger partial charge in [-0.15, -0.1) is 5.10 Å². The van der Waals surface area contributed by atoms with Gasteiger partial charge in [0.1, 0.15) is 6.04 Å². The third kappa shape index (κ3) is 4.74. The molecule has 0 radical (unpaired) electrons. The van der Waals surface area contributed by atoms with Crippen LogP contribution in [0.1, 0.15) is 47.5 Å². The molecule has 0 aliphatic carbocycles. The third-order valence-electron chi connectivity index (χ3n) is 5.74. The summed E-state index contributed by atoms with van der Waals surface area (Å²) in [6, 6.07) is 16.8. The van der Waals surface area contributed by atoms with Crippen LogP contribution in [-0.4, -0.2) is 41.2 Å². The van der Waals surface area contributed by atoms with Gasteiger partial charge in [0, 0.05) is 29.9 Å². The summed E-state index contributed by atoms with van der Waals surface area (Å²) in [5, 5.41) is 19.0.